The summed E-state index contributed by atoms with van der Waals surface area (Å²) in [5.74, 6) is 1.05. The zero-order valence-corrected chi connectivity index (χ0v) is 13.3. The Morgan fingerprint density at radius 3 is 2.57 bits per heavy atom. The van der Waals surface area contributed by atoms with Crippen LogP contribution in [0.3, 0.4) is 0 Å². The first-order chi connectivity index (χ1) is 10.0. The number of carbonyl (C=O) groups excluding carboxylic acids is 1. The number of nitrogens with one attached hydrogen (secondary N) is 1. The third-order valence-corrected chi connectivity index (χ3v) is 3.67. The molecule has 1 fully saturated rings. The van der Waals surface area contributed by atoms with Crippen molar-refractivity contribution in [1.82, 2.24) is 10.2 Å². The van der Waals surface area contributed by atoms with Crippen LogP contribution in [-0.4, -0.2) is 43.6 Å². The fourth-order valence-electron chi connectivity index (χ4n) is 2.30. The molecule has 0 heterocycles. The number of carbonyl (C=O) groups is 1. The van der Waals surface area contributed by atoms with Crippen molar-refractivity contribution in [3.8, 4) is 5.75 Å². The van der Waals surface area contributed by atoms with Gasteiger partial charge in [-0.15, -0.1) is 0 Å². The van der Waals surface area contributed by atoms with Crippen LogP contribution in [0.25, 0.3) is 0 Å². The maximum absolute atomic E-state index is 11.9. The number of likely N-dealkylation sites (N-methyl/N-ethyl adjacent to an activating group) is 1. The molecule has 1 N–H and O–H groups in total. The monoisotopic (exact) mass is 290 g/mol. The summed E-state index contributed by atoms with van der Waals surface area (Å²) in [5.41, 5.74) is 2.39. The Morgan fingerprint density at radius 1 is 1.29 bits per heavy atom. The van der Waals surface area contributed by atoms with Crippen LogP contribution in [0.4, 0.5) is 0 Å². The van der Waals surface area contributed by atoms with E-state index < -0.39 is 0 Å². The lowest BCUT2D eigenvalue weighted by Gasteiger charge is -2.18. The van der Waals surface area contributed by atoms with Gasteiger partial charge < -0.3 is 15.0 Å². The number of hydrogen-bond acceptors (Lipinski definition) is 3. The summed E-state index contributed by atoms with van der Waals surface area (Å²) in [7, 11) is 1.84. The first kappa shape index (κ1) is 15.8. The quantitative estimate of drug-likeness (QED) is 0.798. The van der Waals surface area contributed by atoms with Crippen LogP contribution in [0, 0.1) is 13.8 Å². The molecule has 0 radical (unpaired) electrons. The van der Waals surface area contributed by atoms with E-state index in [0.29, 0.717) is 25.6 Å². The minimum Gasteiger partial charge on any atom is -0.492 e. The second-order valence-corrected chi connectivity index (χ2v) is 5.97. The van der Waals surface area contributed by atoms with Crippen molar-refractivity contribution >= 4 is 5.91 Å². The molecular formula is C17H26N2O2. The van der Waals surface area contributed by atoms with Gasteiger partial charge in [0, 0.05) is 26.1 Å². The Balaban J connectivity index is 1.65. The van der Waals surface area contributed by atoms with Crippen LogP contribution in [0.5, 0.6) is 5.75 Å². The van der Waals surface area contributed by atoms with E-state index in [0.717, 1.165) is 12.3 Å². The molecular weight excluding hydrogens is 264 g/mol. The fraction of sp³-hybridized carbons (Fsp3) is 0.588. The van der Waals surface area contributed by atoms with E-state index in [2.05, 4.69) is 25.2 Å². The molecule has 0 aromatic heterocycles. The smallest absolute Gasteiger partial charge is 0.223 e. The van der Waals surface area contributed by atoms with Crippen LogP contribution in [-0.2, 0) is 4.79 Å². The normalized spacial score (nSPS) is 14.0. The highest BCUT2D eigenvalue weighted by Gasteiger charge is 2.20. The zero-order valence-electron chi connectivity index (χ0n) is 13.3. The van der Waals surface area contributed by atoms with Crippen LogP contribution in [0.2, 0.25) is 0 Å². The predicted octanol–water partition coefficient (Wildman–Crippen LogP) is 2.28. The summed E-state index contributed by atoms with van der Waals surface area (Å²) >= 11 is 0. The van der Waals surface area contributed by atoms with E-state index in [1.165, 1.54) is 24.0 Å². The summed E-state index contributed by atoms with van der Waals surface area (Å²) in [6, 6.07) is 6.83. The zero-order chi connectivity index (χ0) is 15.2. The Hall–Kier alpha value is -1.55. The molecule has 1 saturated carbocycles. The lowest BCUT2D eigenvalue weighted by atomic mass is 10.1. The average Bonchev–Trinajstić information content (AvgIpc) is 3.21. The number of nitrogens with zero attached hydrogens (tertiary/aromatic N) is 1. The average molecular weight is 290 g/mol. The van der Waals surface area contributed by atoms with Crippen LogP contribution in [0.15, 0.2) is 18.2 Å². The summed E-state index contributed by atoms with van der Waals surface area (Å²) < 4.78 is 5.73. The van der Waals surface area contributed by atoms with Gasteiger partial charge in [-0.2, -0.15) is 0 Å². The maximum atomic E-state index is 11.9. The number of amides is 1. The summed E-state index contributed by atoms with van der Waals surface area (Å²) in [4.78, 5) is 13.7. The van der Waals surface area contributed by atoms with Gasteiger partial charge in [0.25, 0.3) is 0 Å². The molecule has 1 aromatic carbocycles. The number of benzene rings is 1. The Kier molecular flexibility index (Phi) is 5.62. The van der Waals surface area contributed by atoms with Gasteiger partial charge in [0.15, 0.2) is 0 Å². The van der Waals surface area contributed by atoms with Crippen molar-refractivity contribution < 1.29 is 9.53 Å². The lowest BCUT2D eigenvalue weighted by Crippen LogP contribution is -2.33. The number of ether oxygens (including phenoxy) is 1. The van der Waals surface area contributed by atoms with E-state index in [1.54, 1.807) is 4.90 Å². The molecule has 21 heavy (non-hydrogen) atoms. The molecule has 1 amide bonds. The van der Waals surface area contributed by atoms with Crippen LogP contribution in [0.1, 0.15) is 30.4 Å². The lowest BCUT2D eigenvalue weighted by molar-refractivity contribution is -0.130. The number of rotatable bonds is 8. The fourth-order valence-corrected chi connectivity index (χ4v) is 2.30. The van der Waals surface area contributed by atoms with Crippen LogP contribution >= 0.6 is 0 Å². The molecule has 0 aliphatic heterocycles. The van der Waals surface area contributed by atoms with Gasteiger partial charge in [0.1, 0.15) is 12.4 Å². The molecule has 0 spiro atoms. The summed E-state index contributed by atoms with van der Waals surface area (Å²) in [6.07, 6.45) is 3.08. The highest BCUT2D eigenvalue weighted by molar-refractivity contribution is 5.76. The van der Waals surface area contributed by atoms with E-state index in [-0.39, 0.29) is 5.91 Å². The highest BCUT2D eigenvalue weighted by atomic mass is 16.5. The first-order valence-electron chi connectivity index (χ1n) is 7.73. The molecule has 1 aliphatic rings. The third kappa shape index (κ3) is 5.76. The van der Waals surface area contributed by atoms with Crippen molar-refractivity contribution in [2.75, 3.05) is 26.7 Å². The van der Waals surface area contributed by atoms with E-state index in [1.807, 2.05) is 19.2 Å². The predicted molar refractivity (Wildman–Crippen MR) is 84.7 cm³/mol. The Morgan fingerprint density at radius 2 is 1.95 bits per heavy atom. The second kappa shape index (κ2) is 7.46. The summed E-state index contributed by atoms with van der Waals surface area (Å²) in [6.45, 7) is 6.05. The molecule has 1 aliphatic carbocycles. The van der Waals surface area contributed by atoms with E-state index in [9.17, 15) is 4.79 Å². The topological polar surface area (TPSA) is 41.6 Å². The van der Waals surface area contributed by atoms with E-state index >= 15 is 0 Å². The van der Waals surface area contributed by atoms with Gasteiger partial charge in [0.2, 0.25) is 5.91 Å². The van der Waals surface area contributed by atoms with Crippen molar-refractivity contribution in [1.29, 1.82) is 0 Å². The Labute approximate surface area is 127 Å². The summed E-state index contributed by atoms with van der Waals surface area (Å²) in [5, 5.41) is 3.36. The molecule has 4 nitrogen and oxygen atoms in total. The second-order valence-electron chi connectivity index (χ2n) is 5.97. The SMILES string of the molecule is Cc1cc(C)cc(OCCN(C)C(=O)CCNC2CC2)c1. The number of aryl methyl sites for hydroxylation is 2. The van der Waals surface area contributed by atoms with Crippen LogP contribution < -0.4 is 10.1 Å². The van der Waals surface area contributed by atoms with Gasteiger partial charge in [-0.25, -0.2) is 0 Å². The first-order valence-corrected chi connectivity index (χ1v) is 7.73. The molecule has 0 unspecified atom stereocenters. The van der Waals surface area contributed by atoms with Crippen molar-refractivity contribution in [3.05, 3.63) is 29.3 Å². The van der Waals surface area contributed by atoms with Gasteiger partial charge in [-0.3, -0.25) is 4.79 Å². The molecule has 2 rings (SSSR count). The van der Waals surface area contributed by atoms with Crippen molar-refractivity contribution in [2.45, 2.75) is 39.2 Å². The molecule has 116 valence electrons. The minimum absolute atomic E-state index is 0.173. The van der Waals surface area contributed by atoms with Crippen molar-refractivity contribution in [2.24, 2.45) is 0 Å². The molecule has 0 saturated heterocycles. The standard InChI is InChI=1S/C17H26N2O2/c1-13-10-14(2)12-16(11-13)21-9-8-19(3)17(20)6-7-18-15-4-5-15/h10-12,15,18H,4-9H2,1-3H3. The van der Waals surface area contributed by atoms with Gasteiger partial charge in [-0.1, -0.05) is 6.07 Å². The Bertz CT molecular complexity index is 463. The molecule has 0 bridgehead atoms. The third-order valence-electron chi connectivity index (χ3n) is 3.67. The maximum Gasteiger partial charge on any atom is 0.223 e. The van der Waals surface area contributed by atoms with Gasteiger partial charge >= 0.3 is 0 Å². The minimum atomic E-state index is 0.173. The highest BCUT2D eigenvalue weighted by Crippen LogP contribution is 2.18. The van der Waals surface area contributed by atoms with E-state index in [4.69, 9.17) is 4.74 Å². The van der Waals surface area contributed by atoms with Gasteiger partial charge in [-0.05, 0) is 49.9 Å². The van der Waals surface area contributed by atoms with Crippen molar-refractivity contribution in [3.63, 3.8) is 0 Å². The molecule has 1 aromatic rings. The van der Waals surface area contributed by atoms with Gasteiger partial charge in [0.05, 0.1) is 6.54 Å². The molecule has 4 heteroatoms. The number of hydrogen-bond donors (Lipinski definition) is 1. The largest absolute Gasteiger partial charge is 0.492 e. The molecule has 0 atom stereocenters.